The zero-order valence-corrected chi connectivity index (χ0v) is 14.8. The Labute approximate surface area is 148 Å². The summed E-state index contributed by atoms with van der Waals surface area (Å²) < 4.78 is 6.83. The molecule has 0 fully saturated rings. The molecule has 2 aromatic rings. The first-order valence-corrected chi connectivity index (χ1v) is 8.70. The summed E-state index contributed by atoms with van der Waals surface area (Å²) in [6.45, 7) is 1.72. The highest BCUT2D eigenvalue weighted by atomic mass is 35.5. The molecule has 24 heavy (non-hydrogen) atoms. The van der Waals surface area contributed by atoms with Gasteiger partial charge in [-0.1, -0.05) is 23.4 Å². The van der Waals surface area contributed by atoms with Crippen molar-refractivity contribution in [1.82, 2.24) is 9.55 Å². The molecule has 1 amide bonds. The van der Waals surface area contributed by atoms with Gasteiger partial charge in [-0.3, -0.25) is 14.2 Å². The van der Waals surface area contributed by atoms with Crippen molar-refractivity contribution in [2.45, 2.75) is 24.5 Å². The van der Waals surface area contributed by atoms with E-state index in [0.717, 1.165) is 0 Å². The van der Waals surface area contributed by atoms with E-state index in [9.17, 15) is 9.59 Å². The van der Waals surface area contributed by atoms with Crippen LogP contribution in [0.1, 0.15) is 18.0 Å². The number of carbonyl (C=O) groups excluding carboxylic acids is 1. The predicted octanol–water partition coefficient (Wildman–Crippen LogP) is 2.89. The first-order valence-electron chi connectivity index (χ1n) is 7.34. The molecule has 1 aliphatic heterocycles. The number of anilines is 1. The Morgan fingerprint density at radius 2 is 2.33 bits per heavy atom. The molecule has 1 aromatic carbocycles. The lowest BCUT2D eigenvalue weighted by Gasteiger charge is -2.15. The van der Waals surface area contributed by atoms with Gasteiger partial charge in [-0.15, -0.1) is 0 Å². The minimum Gasteiger partial charge on any atom is -0.495 e. The van der Waals surface area contributed by atoms with Gasteiger partial charge < -0.3 is 10.1 Å². The highest BCUT2D eigenvalue weighted by Gasteiger charge is 2.27. The van der Waals surface area contributed by atoms with Crippen LogP contribution in [0.25, 0.3) is 0 Å². The van der Waals surface area contributed by atoms with Crippen LogP contribution in [0.2, 0.25) is 5.02 Å². The molecule has 0 spiro atoms. The van der Waals surface area contributed by atoms with Gasteiger partial charge in [-0.05, 0) is 25.1 Å². The molecule has 0 radical (unpaired) electrons. The Balaban J connectivity index is 1.78. The van der Waals surface area contributed by atoms with Crippen molar-refractivity contribution < 1.29 is 9.53 Å². The number of aromatic nitrogens is 2. The van der Waals surface area contributed by atoms with E-state index in [4.69, 9.17) is 16.3 Å². The molecular weight excluding hydrogens is 350 g/mol. The number of hydrogen-bond acceptors (Lipinski definition) is 5. The molecule has 1 N–H and O–H groups in total. The number of nitrogens with zero attached hydrogens (tertiary/aromatic N) is 2. The minimum atomic E-state index is -0.213. The minimum absolute atomic E-state index is 0.0943. The van der Waals surface area contributed by atoms with Crippen LogP contribution in [0.3, 0.4) is 0 Å². The maximum Gasteiger partial charge on any atom is 0.257 e. The van der Waals surface area contributed by atoms with Crippen molar-refractivity contribution in [1.29, 1.82) is 0 Å². The summed E-state index contributed by atoms with van der Waals surface area (Å²) >= 11 is 7.45. The Kier molecular flexibility index (Phi) is 4.82. The van der Waals surface area contributed by atoms with Gasteiger partial charge in [-0.25, -0.2) is 4.98 Å². The third kappa shape index (κ3) is 3.27. The van der Waals surface area contributed by atoms with Gasteiger partial charge >= 0.3 is 0 Å². The van der Waals surface area contributed by atoms with Crippen LogP contribution in [-0.2, 0) is 4.79 Å². The maximum atomic E-state index is 12.4. The van der Waals surface area contributed by atoms with Gasteiger partial charge in [0.25, 0.3) is 5.56 Å². The van der Waals surface area contributed by atoms with Crippen molar-refractivity contribution in [3.05, 3.63) is 45.3 Å². The topological polar surface area (TPSA) is 73.2 Å². The highest BCUT2D eigenvalue weighted by Crippen LogP contribution is 2.33. The summed E-state index contributed by atoms with van der Waals surface area (Å²) in [5.74, 6) is 0.970. The molecular formula is C16H16ClN3O3S. The lowest BCUT2D eigenvalue weighted by atomic mass is 10.2. The molecule has 1 aliphatic rings. The van der Waals surface area contributed by atoms with Gasteiger partial charge in [0.1, 0.15) is 5.75 Å². The van der Waals surface area contributed by atoms with E-state index in [-0.39, 0.29) is 23.9 Å². The van der Waals surface area contributed by atoms with Crippen molar-refractivity contribution in [3.63, 3.8) is 0 Å². The average Bonchev–Trinajstić information content (AvgIpc) is 2.94. The molecule has 2 heterocycles. The van der Waals surface area contributed by atoms with E-state index < -0.39 is 0 Å². The first kappa shape index (κ1) is 16.9. The Bertz CT molecular complexity index is 853. The zero-order chi connectivity index (χ0) is 17.3. The molecule has 3 rings (SSSR count). The summed E-state index contributed by atoms with van der Waals surface area (Å²) in [5.41, 5.74) is 0.988. The van der Waals surface area contributed by atoms with Crippen molar-refractivity contribution in [3.8, 4) is 5.75 Å². The largest absolute Gasteiger partial charge is 0.495 e. The number of ether oxygens (including phenoxy) is 1. The number of nitrogens with one attached hydrogen (secondary N) is 1. The summed E-state index contributed by atoms with van der Waals surface area (Å²) in [6.07, 6.45) is 1.75. The Hall–Kier alpha value is -1.99. The molecule has 126 valence electrons. The molecule has 0 aliphatic carbocycles. The van der Waals surface area contributed by atoms with E-state index in [2.05, 4.69) is 10.3 Å². The van der Waals surface area contributed by atoms with E-state index in [1.54, 1.807) is 35.9 Å². The smallest absolute Gasteiger partial charge is 0.257 e. The zero-order valence-electron chi connectivity index (χ0n) is 13.2. The lowest BCUT2D eigenvalue weighted by molar-refractivity contribution is -0.116. The van der Waals surface area contributed by atoms with Gasteiger partial charge in [-0.2, -0.15) is 0 Å². The fourth-order valence-corrected chi connectivity index (χ4v) is 3.84. The number of benzene rings is 1. The fraction of sp³-hybridized carbons (Fsp3) is 0.312. The number of amides is 1. The second-order valence-corrected chi connectivity index (χ2v) is 6.88. The number of halogens is 1. The predicted molar refractivity (Wildman–Crippen MR) is 94.2 cm³/mol. The molecule has 1 unspecified atom stereocenters. The number of thioether (sulfide) groups is 1. The summed E-state index contributed by atoms with van der Waals surface area (Å²) in [5, 5.41) is 3.96. The first-order chi connectivity index (χ1) is 11.5. The van der Waals surface area contributed by atoms with Gasteiger partial charge in [0.05, 0.1) is 18.8 Å². The van der Waals surface area contributed by atoms with Gasteiger partial charge in [0.15, 0.2) is 5.16 Å². The number of rotatable bonds is 4. The van der Waals surface area contributed by atoms with E-state index in [1.165, 1.54) is 18.9 Å². The molecule has 0 saturated carbocycles. The van der Waals surface area contributed by atoms with Crippen LogP contribution >= 0.6 is 23.4 Å². The van der Waals surface area contributed by atoms with Crippen LogP contribution in [0.15, 0.2) is 34.3 Å². The van der Waals surface area contributed by atoms with Crippen LogP contribution in [0, 0.1) is 6.92 Å². The molecule has 8 heteroatoms. The maximum absolute atomic E-state index is 12.4. The number of carbonyl (C=O) groups is 1. The lowest BCUT2D eigenvalue weighted by Crippen LogP contribution is -2.28. The quantitative estimate of drug-likeness (QED) is 0.843. The third-order valence-electron chi connectivity index (χ3n) is 3.76. The number of hydrogen-bond donors (Lipinski definition) is 1. The van der Waals surface area contributed by atoms with Crippen LogP contribution in [0.4, 0.5) is 5.69 Å². The van der Waals surface area contributed by atoms with Crippen molar-refractivity contribution in [2.75, 3.05) is 18.2 Å². The van der Waals surface area contributed by atoms with Crippen LogP contribution < -0.4 is 15.6 Å². The number of methoxy groups -OCH3 is 1. The monoisotopic (exact) mass is 365 g/mol. The van der Waals surface area contributed by atoms with Crippen LogP contribution in [0.5, 0.6) is 5.75 Å². The molecule has 0 bridgehead atoms. The fourth-order valence-electron chi connectivity index (χ4n) is 2.56. The van der Waals surface area contributed by atoms with E-state index in [0.29, 0.717) is 32.9 Å². The number of aryl methyl sites for hydroxylation is 1. The summed E-state index contributed by atoms with van der Waals surface area (Å²) in [7, 11) is 1.52. The SMILES string of the molecule is COc1ccc(Cl)cc1NC(=O)CC1CSc2ncc(C)c(=O)n21. The van der Waals surface area contributed by atoms with Gasteiger partial charge in [0, 0.05) is 29.0 Å². The second-order valence-electron chi connectivity index (χ2n) is 5.46. The van der Waals surface area contributed by atoms with E-state index in [1.807, 2.05) is 0 Å². The Morgan fingerprint density at radius 1 is 1.54 bits per heavy atom. The molecule has 0 saturated heterocycles. The third-order valence-corrected chi connectivity index (χ3v) is 5.10. The van der Waals surface area contributed by atoms with E-state index >= 15 is 0 Å². The molecule has 1 atom stereocenters. The van der Waals surface area contributed by atoms with Crippen molar-refractivity contribution in [2.24, 2.45) is 0 Å². The average molecular weight is 366 g/mol. The number of fused-ring (bicyclic) bond motifs is 1. The molecule has 6 nitrogen and oxygen atoms in total. The van der Waals surface area contributed by atoms with Crippen LogP contribution in [-0.4, -0.2) is 28.3 Å². The summed E-state index contributed by atoms with van der Waals surface area (Å²) in [4.78, 5) is 29.0. The normalized spacial score (nSPS) is 15.9. The van der Waals surface area contributed by atoms with Crippen molar-refractivity contribution >= 4 is 35.0 Å². The highest BCUT2D eigenvalue weighted by molar-refractivity contribution is 7.99. The summed E-state index contributed by atoms with van der Waals surface area (Å²) in [6, 6.07) is 4.80. The van der Waals surface area contributed by atoms with Gasteiger partial charge in [0.2, 0.25) is 5.91 Å². The second kappa shape index (κ2) is 6.86. The standard InChI is InChI=1S/C16H16ClN3O3S/c1-9-7-18-16-20(15(9)22)11(8-24-16)6-14(21)19-12-5-10(17)3-4-13(12)23-2/h3-5,7,11H,6,8H2,1-2H3,(H,19,21). The Morgan fingerprint density at radius 3 is 3.08 bits per heavy atom. The molecule has 1 aromatic heterocycles.